The third-order valence-corrected chi connectivity index (χ3v) is 4.47. The lowest BCUT2D eigenvalue weighted by Crippen LogP contribution is -2.41. The summed E-state index contributed by atoms with van der Waals surface area (Å²) in [4.78, 5) is 2.55. The Balaban J connectivity index is 0.000000701. The molecule has 0 atom stereocenters. The molecule has 2 aromatic rings. The van der Waals surface area contributed by atoms with Crippen LogP contribution < -0.4 is 11.1 Å². The van der Waals surface area contributed by atoms with Crippen molar-refractivity contribution in [2.45, 2.75) is 32.0 Å². The molecule has 0 radical (unpaired) electrons. The van der Waals surface area contributed by atoms with Crippen molar-refractivity contribution in [3.63, 3.8) is 0 Å². The van der Waals surface area contributed by atoms with Crippen LogP contribution in [0.3, 0.4) is 0 Å². The van der Waals surface area contributed by atoms with E-state index < -0.39 is 0 Å². The van der Waals surface area contributed by atoms with E-state index in [-0.39, 0.29) is 0 Å². The SMILES string of the molecule is CPC.Nc1ccccc1CNC1CCN(Cc2ccccc2)CC1. The maximum absolute atomic E-state index is 6.00. The van der Waals surface area contributed by atoms with Crippen LogP contribution in [0.25, 0.3) is 0 Å². The van der Waals surface area contributed by atoms with Gasteiger partial charge in [0.25, 0.3) is 0 Å². The van der Waals surface area contributed by atoms with Crippen LogP contribution in [-0.2, 0) is 13.1 Å². The number of hydrogen-bond acceptors (Lipinski definition) is 3. The van der Waals surface area contributed by atoms with Crippen LogP contribution in [0.15, 0.2) is 54.6 Å². The average Bonchev–Trinajstić information content (AvgIpc) is 2.64. The summed E-state index contributed by atoms with van der Waals surface area (Å²) in [6.07, 6.45) is 2.42. The molecule has 1 fully saturated rings. The fourth-order valence-corrected chi connectivity index (χ4v) is 3.09. The zero-order chi connectivity index (χ0) is 17.9. The number of hydrogen-bond donors (Lipinski definition) is 2. The molecule has 1 aliphatic rings. The van der Waals surface area contributed by atoms with Gasteiger partial charge in [-0.1, -0.05) is 48.5 Å². The first kappa shape index (κ1) is 19.9. The summed E-state index contributed by atoms with van der Waals surface area (Å²) in [5.41, 5.74) is 9.49. The fraction of sp³-hybridized carbons (Fsp3) is 0.429. The summed E-state index contributed by atoms with van der Waals surface area (Å²) >= 11 is 0. The number of rotatable bonds is 5. The third-order valence-electron chi connectivity index (χ3n) is 4.47. The first-order chi connectivity index (χ1) is 12.2. The third kappa shape index (κ3) is 7.15. The Morgan fingerprint density at radius 2 is 1.60 bits per heavy atom. The average molecular weight is 357 g/mol. The van der Waals surface area contributed by atoms with Gasteiger partial charge in [-0.25, -0.2) is 0 Å². The number of para-hydroxylation sites is 1. The monoisotopic (exact) mass is 357 g/mol. The van der Waals surface area contributed by atoms with Gasteiger partial charge in [0.15, 0.2) is 0 Å². The van der Waals surface area contributed by atoms with Crippen molar-refractivity contribution in [3.05, 3.63) is 65.7 Å². The van der Waals surface area contributed by atoms with E-state index in [0.717, 1.165) is 40.4 Å². The standard InChI is InChI=1S/C19H25N3.C2H7P/c20-19-9-5-4-8-17(19)14-21-18-10-12-22(13-11-18)15-16-6-2-1-3-7-16;1-3-2/h1-9,18,21H,10-15,20H2;3H,1-2H3. The van der Waals surface area contributed by atoms with Gasteiger partial charge in [-0.05, 0) is 56.5 Å². The van der Waals surface area contributed by atoms with Crippen molar-refractivity contribution in [3.8, 4) is 0 Å². The van der Waals surface area contributed by atoms with Crippen LogP contribution in [0.4, 0.5) is 5.69 Å². The second-order valence-corrected chi connectivity index (χ2v) is 7.62. The van der Waals surface area contributed by atoms with Crippen molar-refractivity contribution >= 4 is 14.3 Å². The maximum atomic E-state index is 6.00. The smallest absolute Gasteiger partial charge is 0.0359 e. The van der Waals surface area contributed by atoms with Crippen molar-refractivity contribution in [2.24, 2.45) is 0 Å². The molecule has 3 nitrogen and oxygen atoms in total. The number of nitrogens with two attached hydrogens (primary N) is 1. The fourth-order valence-electron chi connectivity index (χ4n) is 3.09. The van der Waals surface area contributed by atoms with Gasteiger partial charge in [0, 0.05) is 24.8 Å². The molecule has 0 saturated carbocycles. The number of likely N-dealkylation sites (tertiary alicyclic amines) is 1. The highest BCUT2D eigenvalue weighted by Crippen LogP contribution is 2.16. The number of piperidine rings is 1. The Hall–Kier alpha value is -1.41. The summed E-state index contributed by atoms with van der Waals surface area (Å²) in [5.74, 6) is 0. The van der Waals surface area contributed by atoms with E-state index in [0.29, 0.717) is 6.04 Å². The molecule has 2 aromatic carbocycles. The molecule has 25 heavy (non-hydrogen) atoms. The molecule has 1 aliphatic heterocycles. The summed E-state index contributed by atoms with van der Waals surface area (Å²) in [6.45, 7) is 8.57. The number of nitrogens with one attached hydrogen (secondary N) is 1. The van der Waals surface area contributed by atoms with Crippen molar-refractivity contribution < 1.29 is 0 Å². The highest BCUT2D eigenvalue weighted by molar-refractivity contribution is 7.35. The van der Waals surface area contributed by atoms with Crippen LogP contribution in [0.1, 0.15) is 24.0 Å². The van der Waals surface area contributed by atoms with Gasteiger partial charge >= 0.3 is 0 Å². The van der Waals surface area contributed by atoms with E-state index in [1.807, 2.05) is 12.1 Å². The molecule has 0 bridgehead atoms. The van der Waals surface area contributed by atoms with Crippen LogP contribution in [0, 0.1) is 0 Å². The van der Waals surface area contributed by atoms with Gasteiger partial charge < -0.3 is 11.1 Å². The zero-order valence-electron chi connectivity index (χ0n) is 15.5. The van der Waals surface area contributed by atoms with Crippen molar-refractivity contribution in [1.82, 2.24) is 10.2 Å². The lowest BCUT2D eigenvalue weighted by molar-refractivity contribution is 0.190. The highest BCUT2D eigenvalue weighted by atomic mass is 31.1. The van der Waals surface area contributed by atoms with Gasteiger partial charge in [-0.2, -0.15) is 0 Å². The molecule has 0 aliphatic carbocycles. The quantitative estimate of drug-likeness (QED) is 0.629. The molecule has 0 spiro atoms. The number of nitrogen functional groups attached to an aromatic ring is 1. The summed E-state index contributed by atoms with van der Waals surface area (Å²) in [7, 11) is 1.08. The summed E-state index contributed by atoms with van der Waals surface area (Å²) in [6, 6.07) is 19.5. The van der Waals surface area contributed by atoms with Gasteiger partial charge in [-0.3, -0.25) is 4.90 Å². The molecule has 3 N–H and O–H groups in total. The number of nitrogens with zero attached hydrogens (tertiary/aromatic N) is 1. The topological polar surface area (TPSA) is 41.3 Å². The number of anilines is 1. The lowest BCUT2D eigenvalue weighted by atomic mass is 10.0. The Morgan fingerprint density at radius 3 is 2.24 bits per heavy atom. The number of benzene rings is 2. The first-order valence-corrected chi connectivity index (χ1v) is 11.1. The predicted octanol–water partition coefficient (Wildman–Crippen LogP) is 3.95. The Bertz CT molecular complexity index is 595. The van der Waals surface area contributed by atoms with E-state index in [4.69, 9.17) is 5.73 Å². The van der Waals surface area contributed by atoms with E-state index in [9.17, 15) is 0 Å². The van der Waals surface area contributed by atoms with E-state index >= 15 is 0 Å². The molecule has 1 saturated heterocycles. The van der Waals surface area contributed by atoms with Gasteiger partial charge in [0.1, 0.15) is 0 Å². The second-order valence-electron chi connectivity index (χ2n) is 6.62. The molecule has 4 heteroatoms. The van der Waals surface area contributed by atoms with Crippen molar-refractivity contribution in [1.29, 1.82) is 0 Å². The summed E-state index contributed by atoms with van der Waals surface area (Å²) in [5, 5.41) is 3.66. The van der Waals surface area contributed by atoms with Crippen molar-refractivity contribution in [2.75, 3.05) is 32.2 Å². The molecule has 0 aromatic heterocycles. The van der Waals surface area contributed by atoms with Crippen LogP contribution >= 0.6 is 8.58 Å². The summed E-state index contributed by atoms with van der Waals surface area (Å²) < 4.78 is 0. The van der Waals surface area contributed by atoms with E-state index in [1.165, 1.54) is 24.0 Å². The molecule has 3 rings (SSSR count). The van der Waals surface area contributed by atoms with E-state index in [1.54, 1.807) is 0 Å². The minimum atomic E-state index is 0.603. The van der Waals surface area contributed by atoms with Crippen LogP contribution in [0.2, 0.25) is 0 Å². The Kier molecular flexibility index (Phi) is 8.96. The van der Waals surface area contributed by atoms with Gasteiger partial charge in [0.05, 0.1) is 0 Å². The normalized spacial score (nSPS) is 15.4. The molecular weight excluding hydrogens is 325 g/mol. The van der Waals surface area contributed by atoms with Crippen LogP contribution in [0.5, 0.6) is 0 Å². The maximum Gasteiger partial charge on any atom is 0.0359 e. The predicted molar refractivity (Wildman–Crippen MR) is 113 cm³/mol. The Morgan fingerprint density at radius 1 is 1.00 bits per heavy atom. The lowest BCUT2D eigenvalue weighted by Gasteiger charge is -2.32. The second kappa shape index (κ2) is 11.3. The van der Waals surface area contributed by atoms with Gasteiger partial charge in [0.2, 0.25) is 0 Å². The molecule has 0 unspecified atom stereocenters. The molecule has 1 heterocycles. The van der Waals surface area contributed by atoms with E-state index in [2.05, 4.69) is 66.0 Å². The largest absolute Gasteiger partial charge is 0.398 e. The minimum absolute atomic E-state index is 0.603. The minimum Gasteiger partial charge on any atom is -0.398 e. The van der Waals surface area contributed by atoms with Crippen LogP contribution in [-0.4, -0.2) is 37.4 Å². The Labute approximate surface area is 154 Å². The van der Waals surface area contributed by atoms with Gasteiger partial charge in [-0.15, -0.1) is 8.58 Å². The molecule has 0 amide bonds. The zero-order valence-corrected chi connectivity index (χ0v) is 16.5. The molecular formula is C21H32N3P. The molecule has 136 valence electrons. The highest BCUT2D eigenvalue weighted by Gasteiger charge is 2.18. The first-order valence-electron chi connectivity index (χ1n) is 9.14.